The number of hydrogen-bond acceptors (Lipinski definition) is 2. The summed E-state index contributed by atoms with van der Waals surface area (Å²) in [4.78, 5) is 0. The van der Waals surface area contributed by atoms with E-state index in [9.17, 15) is 0 Å². The SMILES string of the molecule is CCC12CC(C3OC31)C1SC12. The summed E-state index contributed by atoms with van der Waals surface area (Å²) in [6.07, 6.45) is 4.28. The Kier molecular flexibility index (Phi) is 0.745. The normalized spacial score (nSPS) is 74.5. The third-order valence-electron chi connectivity index (χ3n) is 4.30. The molecule has 1 nitrogen and oxygen atoms in total. The van der Waals surface area contributed by atoms with E-state index < -0.39 is 0 Å². The van der Waals surface area contributed by atoms with E-state index in [1.165, 1.54) is 12.8 Å². The van der Waals surface area contributed by atoms with E-state index in [2.05, 4.69) is 18.7 Å². The van der Waals surface area contributed by atoms with Gasteiger partial charge in [-0.25, -0.2) is 0 Å². The predicted molar refractivity (Wildman–Crippen MR) is 44.7 cm³/mol. The molecule has 0 spiro atoms. The van der Waals surface area contributed by atoms with E-state index in [0.29, 0.717) is 17.6 Å². The quantitative estimate of drug-likeness (QED) is 0.552. The smallest absolute Gasteiger partial charge is 0.0912 e. The largest absolute Gasteiger partial charge is 0.369 e. The van der Waals surface area contributed by atoms with Crippen LogP contribution in [0.2, 0.25) is 0 Å². The van der Waals surface area contributed by atoms with Crippen molar-refractivity contribution in [1.29, 1.82) is 0 Å². The third-order valence-corrected chi connectivity index (χ3v) is 5.98. The highest BCUT2D eigenvalue weighted by atomic mass is 32.2. The number of epoxide rings is 1. The summed E-state index contributed by atoms with van der Waals surface area (Å²) in [7, 11) is 0. The molecule has 4 aliphatic rings. The summed E-state index contributed by atoms with van der Waals surface area (Å²) in [6.45, 7) is 2.35. The molecule has 0 radical (unpaired) electrons. The van der Waals surface area contributed by atoms with Crippen LogP contribution in [0.4, 0.5) is 0 Å². The first kappa shape index (κ1) is 5.87. The molecular weight excluding hydrogens is 156 g/mol. The van der Waals surface area contributed by atoms with Gasteiger partial charge >= 0.3 is 0 Å². The van der Waals surface area contributed by atoms with Gasteiger partial charge in [0.05, 0.1) is 12.2 Å². The van der Waals surface area contributed by atoms with Gasteiger partial charge in [0.2, 0.25) is 0 Å². The van der Waals surface area contributed by atoms with Crippen molar-refractivity contribution in [2.45, 2.75) is 42.5 Å². The minimum absolute atomic E-state index is 0.657. The maximum absolute atomic E-state index is 5.72. The molecule has 2 heterocycles. The Morgan fingerprint density at radius 2 is 2.55 bits per heavy atom. The Bertz CT molecular complexity index is 222. The van der Waals surface area contributed by atoms with E-state index in [-0.39, 0.29) is 0 Å². The van der Waals surface area contributed by atoms with Gasteiger partial charge in [0.15, 0.2) is 0 Å². The van der Waals surface area contributed by atoms with Crippen LogP contribution in [0, 0.1) is 11.3 Å². The number of thioether (sulfide) groups is 1. The van der Waals surface area contributed by atoms with Crippen molar-refractivity contribution in [2.24, 2.45) is 11.3 Å². The summed E-state index contributed by atoms with van der Waals surface area (Å²) in [5, 5.41) is 2.04. The molecule has 11 heavy (non-hydrogen) atoms. The molecule has 0 N–H and O–H groups in total. The molecule has 2 heteroatoms. The average molecular weight is 168 g/mol. The second kappa shape index (κ2) is 1.39. The van der Waals surface area contributed by atoms with Gasteiger partial charge < -0.3 is 4.74 Å². The molecule has 6 unspecified atom stereocenters. The van der Waals surface area contributed by atoms with Crippen molar-refractivity contribution in [3.63, 3.8) is 0 Å². The van der Waals surface area contributed by atoms with Crippen molar-refractivity contribution in [3.05, 3.63) is 0 Å². The molecule has 60 valence electrons. The molecule has 0 amide bonds. The van der Waals surface area contributed by atoms with Crippen LogP contribution in [0.3, 0.4) is 0 Å². The summed E-state index contributed by atoms with van der Waals surface area (Å²) in [6, 6.07) is 0. The zero-order chi connectivity index (χ0) is 7.22. The van der Waals surface area contributed by atoms with Gasteiger partial charge in [0.1, 0.15) is 0 Å². The molecule has 2 aliphatic carbocycles. The molecular formula is C9H12OS. The van der Waals surface area contributed by atoms with Crippen LogP contribution in [0.5, 0.6) is 0 Å². The molecule has 0 aromatic carbocycles. The van der Waals surface area contributed by atoms with E-state index in [1.807, 2.05) is 0 Å². The topological polar surface area (TPSA) is 12.5 Å². The van der Waals surface area contributed by atoms with Crippen LogP contribution < -0.4 is 0 Å². The molecule has 4 fully saturated rings. The van der Waals surface area contributed by atoms with Gasteiger partial charge in [-0.1, -0.05) is 6.92 Å². The van der Waals surface area contributed by atoms with Crippen LogP contribution in [0.1, 0.15) is 19.8 Å². The zero-order valence-electron chi connectivity index (χ0n) is 6.62. The number of fused-ring (bicyclic) bond motifs is 8. The zero-order valence-corrected chi connectivity index (χ0v) is 7.43. The van der Waals surface area contributed by atoms with Crippen LogP contribution in [0.15, 0.2) is 0 Å². The van der Waals surface area contributed by atoms with Crippen molar-refractivity contribution < 1.29 is 4.74 Å². The number of ether oxygens (including phenoxy) is 1. The summed E-state index contributed by atoms with van der Waals surface area (Å²) < 4.78 is 5.72. The average Bonchev–Trinajstić information content (AvgIpc) is 2.91. The molecule has 4 rings (SSSR count). The second-order valence-corrected chi connectivity index (χ2v) is 5.82. The van der Waals surface area contributed by atoms with Gasteiger partial charge in [-0.15, -0.1) is 0 Å². The highest BCUT2D eigenvalue weighted by Crippen LogP contribution is 2.77. The van der Waals surface area contributed by atoms with Crippen LogP contribution in [-0.2, 0) is 4.74 Å². The molecule has 0 aromatic heterocycles. The van der Waals surface area contributed by atoms with E-state index in [1.54, 1.807) is 0 Å². The van der Waals surface area contributed by atoms with Crippen LogP contribution in [0.25, 0.3) is 0 Å². The van der Waals surface area contributed by atoms with E-state index in [4.69, 9.17) is 4.74 Å². The molecule has 2 bridgehead atoms. The predicted octanol–water partition coefficient (Wildman–Crippen LogP) is 1.67. The highest BCUT2D eigenvalue weighted by molar-refractivity contribution is 8.07. The second-order valence-electron chi connectivity index (χ2n) is 4.50. The number of hydrogen-bond donors (Lipinski definition) is 0. The van der Waals surface area contributed by atoms with Crippen molar-refractivity contribution in [2.75, 3.05) is 0 Å². The fourth-order valence-electron chi connectivity index (χ4n) is 3.62. The number of rotatable bonds is 1. The Balaban J connectivity index is 1.87. The van der Waals surface area contributed by atoms with Crippen molar-refractivity contribution in [3.8, 4) is 0 Å². The Labute approximate surface area is 70.9 Å². The van der Waals surface area contributed by atoms with Gasteiger partial charge in [-0.2, -0.15) is 11.8 Å². The fourth-order valence-corrected chi connectivity index (χ4v) is 5.46. The van der Waals surface area contributed by atoms with Gasteiger partial charge in [-0.05, 0) is 12.8 Å². The minimum atomic E-state index is 0.657. The Hall–Kier alpha value is 0.310. The lowest BCUT2D eigenvalue weighted by molar-refractivity contribution is 0.175. The summed E-state index contributed by atoms with van der Waals surface area (Å²) in [5.74, 6) is 0.968. The van der Waals surface area contributed by atoms with Crippen LogP contribution >= 0.6 is 11.8 Å². The first-order valence-corrected chi connectivity index (χ1v) is 5.62. The molecule has 2 saturated carbocycles. The van der Waals surface area contributed by atoms with Crippen molar-refractivity contribution in [1.82, 2.24) is 0 Å². The Morgan fingerprint density at radius 3 is 3.27 bits per heavy atom. The monoisotopic (exact) mass is 168 g/mol. The van der Waals surface area contributed by atoms with Crippen molar-refractivity contribution >= 4 is 11.8 Å². The lowest BCUT2D eigenvalue weighted by Crippen LogP contribution is -2.28. The van der Waals surface area contributed by atoms with Gasteiger partial charge in [-0.3, -0.25) is 0 Å². The lowest BCUT2D eigenvalue weighted by Gasteiger charge is -2.24. The maximum Gasteiger partial charge on any atom is 0.0912 e. The van der Waals surface area contributed by atoms with Crippen LogP contribution in [-0.4, -0.2) is 22.7 Å². The lowest BCUT2D eigenvalue weighted by atomic mass is 9.81. The van der Waals surface area contributed by atoms with E-state index in [0.717, 1.165) is 16.4 Å². The Morgan fingerprint density at radius 1 is 1.64 bits per heavy atom. The van der Waals surface area contributed by atoms with Gasteiger partial charge in [0.25, 0.3) is 0 Å². The minimum Gasteiger partial charge on any atom is -0.369 e. The first-order valence-electron chi connectivity index (χ1n) is 4.68. The third kappa shape index (κ3) is 0.438. The van der Waals surface area contributed by atoms with Gasteiger partial charge in [0, 0.05) is 21.8 Å². The first-order chi connectivity index (χ1) is 5.37. The maximum atomic E-state index is 5.72. The highest BCUT2D eigenvalue weighted by Gasteiger charge is 2.80. The molecule has 6 atom stereocenters. The fraction of sp³-hybridized carbons (Fsp3) is 1.00. The summed E-state index contributed by atoms with van der Waals surface area (Å²) in [5.41, 5.74) is 0.657. The molecule has 2 saturated heterocycles. The standard InChI is InChI=1S/C9H12OS/c1-2-9-3-4(5-7(9)10-5)6-8(9)11-6/h4-8H,2-3H2,1H3. The summed E-state index contributed by atoms with van der Waals surface area (Å²) >= 11 is 2.23. The van der Waals surface area contributed by atoms with E-state index >= 15 is 0 Å². The molecule has 2 aliphatic heterocycles. The molecule has 0 aromatic rings.